The van der Waals surface area contributed by atoms with E-state index in [0.29, 0.717) is 0 Å². The highest BCUT2D eigenvalue weighted by Gasteiger charge is 2.64. The van der Waals surface area contributed by atoms with E-state index in [1.165, 1.54) is 43.3 Å². The molecule has 2 fully saturated rings. The average molecular weight is 606 g/mol. The smallest absolute Gasteiger partial charge is 0.380 e. The SMILES string of the molecule is CC(=O)N[C@H]1[C@H]2O[13C@@](OC(=O)c3ccccc3)(C[C@@H]1O)[13C](=O)O[C@@H]2[C@@H](COC(=O)c1ccccc1)OC(=O)c1ccccc1. The fourth-order valence-corrected chi connectivity index (χ4v) is 5.03. The highest BCUT2D eigenvalue weighted by molar-refractivity contribution is 5.93. The van der Waals surface area contributed by atoms with E-state index in [-0.39, 0.29) is 16.7 Å². The molecule has 0 unspecified atom stereocenters. The maximum Gasteiger partial charge on any atom is 0.380 e. The van der Waals surface area contributed by atoms with Gasteiger partial charge in [0, 0.05) is 6.92 Å². The minimum Gasteiger partial charge on any atom is -0.458 e. The molecule has 2 saturated heterocycles. The van der Waals surface area contributed by atoms with Gasteiger partial charge in [-0.1, -0.05) is 54.6 Å². The molecule has 2 N–H and O–H groups in total. The Bertz CT molecular complexity index is 1510. The molecule has 5 rings (SSSR count). The molecule has 0 aliphatic carbocycles. The minimum atomic E-state index is -2.38. The molecule has 2 bridgehead atoms. The summed E-state index contributed by atoms with van der Waals surface area (Å²) in [6.07, 6.45) is -6.43. The maximum absolute atomic E-state index is 13.5. The Balaban J connectivity index is 1.46. The van der Waals surface area contributed by atoms with E-state index in [2.05, 4.69) is 5.32 Å². The molecule has 0 aromatic heterocycles. The van der Waals surface area contributed by atoms with Crippen LogP contribution in [0.1, 0.15) is 44.4 Å². The van der Waals surface area contributed by atoms with Crippen LogP contribution in [0.2, 0.25) is 0 Å². The Morgan fingerprint density at radius 3 is 1.93 bits per heavy atom. The summed E-state index contributed by atoms with van der Waals surface area (Å²) in [7, 11) is 0. The second kappa shape index (κ2) is 13.1. The zero-order chi connectivity index (χ0) is 31.3. The predicted molar refractivity (Wildman–Crippen MR) is 150 cm³/mol. The Morgan fingerprint density at radius 2 is 1.39 bits per heavy atom. The Hall–Kier alpha value is -5.07. The standard InChI is InChI=1S/C32H29NO11/c1-19(34)33-25-23(35)17-32(44-30(38)22-15-9-4-10-16-22)31(39)42-26(27(25)43-32)24(41-29(37)21-13-7-3-8-14-21)18-40-28(36)20-11-5-2-6-12-20/h2-16,23-27,35H,17-18H2,1H3,(H,33,34)/t23-,24+,25+,26+,27+,32+/m0/s1/i31+1,32+1. The number of cyclic esters (lactones) is 1. The number of hydrogen-bond donors (Lipinski definition) is 2. The maximum atomic E-state index is 13.5. The van der Waals surface area contributed by atoms with Crippen LogP contribution in [-0.4, -0.2) is 77.7 Å². The van der Waals surface area contributed by atoms with Gasteiger partial charge in [0.15, 0.2) is 12.2 Å². The fraction of sp³-hybridized carbons (Fsp3) is 0.281. The van der Waals surface area contributed by atoms with Crippen LogP contribution in [0, 0.1) is 0 Å². The van der Waals surface area contributed by atoms with E-state index in [1.54, 1.807) is 54.6 Å². The number of carbonyl (C=O) groups is 5. The Kier molecular flexibility index (Phi) is 9.02. The second-order valence-electron chi connectivity index (χ2n) is 10.2. The number of aliphatic hydroxyl groups is 1. The summed E-state index contributed by atoms with van der Waals surface area (Å²) < 4.78 is 28.4. The first-order valence-corrected chi connectivity index (χ1v) is 13.8. The number of carbonyl (C=O) groups excluding carboxylic acids is 5. The lowest BCUT2D eigenvalue weighted by Crippen LogP contribution is -2.73. The molecule has 3 aromatic rings. The van der Waals surface area contributed by atoms with E-state index >= 15 is 0 Å². The lowest BCUT2D eigenvalue weighted by Gasteiger charge is -2.51. The average Bonchev–Trinajstić information content (AvgIpc) is 3.03. The van der Waals surface area contributed by atoms with E-state index in [4.69, 9.17) is 23.7 Å². The van der Waals surface area contributed by atoms with Crippen molar-refractivity contribution in [2.24, 2.45) is 0 Å². The summed E-state index contributed by atoms with van der Waals surface area (Å²) in [5.74, 6) is -6.61. The molecule has 1 amide bonds. The van der Waals surface area contributed by atoms with Crippen LogP contribution >= 0.6 is 0 Å². The number of esters is 4. The lowest BCUT2D eigenvalue weighted by atomic mass is 9.93. The van der Waals surface area contributed by atoms with Crippen molar-refractivity contribution in [3.05, 3.63) is 108 Å². The van der Waals surface area contributed by atoms with Crippen LogP contribution in [0.25, 0.3) is 0 Å². The van der Waals surface area contributed by atoms with Gasteiger partial charge in [-0.2, -0.15) is 0 Å². The zero-order valence-corrected chi connectivity index (χ0v) is 23.5. The molecule has 0 spiro atoms. The molecule has 6 atom stereocenters. The highest BCUT2D eigenvalue weighted by Crippen LogP contribution is 2.40. The monoisotopic (exact) mass is 605 g/mol. The topological polar surface area (TPSA) is 164 Å². The van der Waals surface area contributed by atoms with E-state index in [9.17, 15) is 29.1 Å². The molecule has 2 aliphatic rings. The van der Waals surface area contributed by atoms with Crippen LogP contribution in [-0.2, 0) is 33.3 Å². The van der Waals surface area contributed by atoms with Crippen molar-refractivity contribution in [2.45, 2.75) is 49.6 Å². The van der Waals surface area contributed by atoms with Gasteiger partial charge in [-0.25, -0.2) is 19.2 Å². The highest BCUT2D eigenvalue weighted by atomic mass is 16.9. The number of ether oxygens (including phenoxy) is 5. The van der Waals surface area contributed by atoms with Crippen molar-refractivity contribution in [1.29, 1.82) is 0 Å². The van der Waals surface area contributed by atoms with Gasteiger partial charge in [0.05, 0.1) is 35.3 Å². The van der Waals surface area contributed by atoms with Crippen molar-refractivity contribution in [3.63, 3.8) is 0 Å². The molecule has 3 aromatic carbocycles. The van der Waals surface area contributed by atoms with Crippen LogP contribution in [0.3, 0.4) is 0 Å². The molecule has 228 valence electrons. The summed E-state index contributed by atoms with van der Waals surface area (Å²) in [6.45, 7) is 0.617. The predicted octanol–water partition coefficient (Wildman–Crippen LogP) is 2.20. The first-order chi connectivity index (χ1) is 21.2. The van der Waals surface area contributed by atoms with Crippen molar-refractivity contribution < 1.29 is 52.8 Å². The summed E-state index contributed by atoms with van der Waals surface area (Å²) in [5, 5.41) is 13.7. The largest absolute Gasteiger partial charge is 0.458 e. The van der Waals surface area contributed by atoms with Gasteiger partial charge in [-0.15, -0.1) is 0 Å². The normalized spacial score (nSPS) is 24.6. The van der Waals surface area contributed by atoms with Crippen LogP contribution < -0.4 is 5.32 Å². The van der Waals surface area contributed by atoms with Gasteiger partial charge in [0.1, 0.15) is 12.7 Å². The van der Waals surface area contributed by atoms with Crippen LogP contribution in [0.4, 0.5) is 0 Å². The quantitative estimate of drug-likeness (QED) is 0.209. The van der Waals surface area contributed by atoms with Gasteiger partial charge < -0.3 is 34.1 Å². The third-order valence-electron chi connectivity index (χ3n) is 7.11. The van der Waals surface area contributed by atoms with Gasteiger partial charge in [0.25, 0.3) is 0 Å². The Morgan fingerprint density at radius 1 is 0.864 bits per heavy atom. The molecular weight excluding hydrogens is 576 g/mol. The molecule has 2 aliphatic heterocycles. The van der Waals surface area contributed by atoms with Gasteiger partial charge in [0.2, 0.25) is 5.91 Å². The minimum absolute atomic E-state index is 0.109. The van der Waals surface area contributed by atoms with Crippen molar-refractivity contribution >= 4 is 29.8 Å². The summed E-state index contributed by atoms with van der Waals surface area (Å²) in [6, 6.07) is 22.6. The van der Waals surface area contributed by atoms with E-state index in [1.807, 2.05) is 0 Å². The first-order valence-electron chi connectivity index (χ1n) is 13.8. The zero-order valence-electron chi connectivity index (χ0n) is 23.5. The van der Waals surface area contributed by atoms with Gasteiger partial charge >= 0.3 is 29.7 Å². The van der Waals surface area contributed by atoms with Gasteiger partial charge in [-0.3, -0.25) is 4.79 Å². The number of fused-ring (bicyclic) bond motifs is 2. The summed E-state index contributed by atoms with van der Waals surface area (Å²) in [5.41, 5.74) is 0.481. The molecule has 12 nitrogen and oxygen atoms in total. The van der Waals surface area contributed by atoms with Crippen molar-refractivity contribution in [3.8, 4) is 0 Å². The first kappa shape index (κ1) is 30.4. The molecular formula is C32H29NO11. The molecule has 0 radical (unpaired) electrons. The Labute approximate surface area is 251 Å². The molecule has 0 saturated carbocycles. The van der Waals surface area contributed by atoms with E-state index in [0.717, 1.165) is 0 Å². The summed E-state index contributed by atoms with van der Waals surface area (Å²) >= 11 is 0. The van der Waals surface area contributed by atoms with Crippen molar-refractivity contribution in [1.82, 2.24) is 5.32 Å². The number of amides is 1. The summed E-state index contributed by atoms with van der Waals surface area (Å²) in [4.78, 5) is 64.5. The van der Waals surface area contributed by atoms with Crippen LogP contribution in [0.15, 0.2) is 91.0 Å². The van der Waals surface area contributed by atoms with E-state index < -0.39 is 79.1 Å². The fourth-order valence-electron chi connectivity index (χ4n) is 5.03. The number of hydrogen-bond acceptors (Lipinski definition) is 11. The number of rotatable bonds is 9. The number of nitrogens with one attached hydrogen (secondary N) is 1. The van der Waals surface area contributed by atoms with Crippen LogP contribution in [0.5, 0.6) is 0 Å². The third kappa shape index (κ3) is 6.61. The third-order valence-corrected chi connectivity index (χ3v) is 7.11. The second-order valence-corrected chi connectivity index (χ2v) is 10.2. The molecule has 44 heavy (non-hydrogen) atoms. The van der Waals surface area contributed by atoms with Crippen molar-refractivity contribution in [2.75, 3.05) is 6.61 Å². The lowest BCUT2D eigenvalue weighted by molar-refractivity contribution is -0.328. The molecule has 2 heterocycles. The number of aliphatic hydroxyl groups excluding tert-OH is 1. The van der Waals surface area contributed by atoms with Gasteiger partial charge in [-0.05, 0) is 36.4 Å². The number of benzene rings is 3. The molecule has 12 heteroatoms.